The van der Waals surface area contributed by atoms with Gasteiger partial charge in [0.25, 0.3) is 11.6 Å². The Morgan fingerprint density at radius 2 is 1.92 bits per heavy atom. The van der Waals surface area contributed by atoms with Crippen molar-refractivity contribution in [2.75, 3.05) is 31.6 Å². The molecule has 1 saturated heterocycles. The van der Waals surface area contributed by atoms with E-state index < -0.39 is 44.5 Å². The van der Waals surface area contributed by atoms with Gasteiger partial charge in [0.15, 0.2) is 21.6 Å². The normalized spacial score (nSPS) is 17.4. The fourth-order valence-electron chi connectivity index (χ4n) is 3.60. The van der Waals surface area contributed by atoms with E-state index in [9.17, 15) is 28.1 Å². The highest BCUT2D eigenvalue weighted by atomic mass is 32.2. The number of benzene rings is 2. The van der Waals surface area contributed by atoms with Gasteiger partial charge in [-0.2, -0.15) is 5.11 Å². The predicted molar refractivity (Wildman–Crippen MR) is 134 cm³/mol. The van der Waals surface area contributed by atoms with Crippen molar-refractivity contribution in [1.29, 1.82) is 0 Å². The number of nitrogens with zero attached hydrogens (tertiary/aromatic N) is 4. The number of ether oxygens (including phenoxy) is 3. The lowest BCUT2D eigenvalue weighted by molar-refractivity contribution is -0.384. The van der Waals surface area contributed by atoms with E-state index in [4.69, 9.17) is 14.2 Å². The van der Waals surface area contributed by atoms with Crippen LogP contribution in [-0.4, -0.2) is 63.9 Å². The minimum atomic E-state index is -3.84. The second-order valence-corrected chi connectivity index (χ2v) is 10.2. The second kappa shape index (κ2) is 11.9. The monoisotopic (exact) mass is 549 g/mol. The third-order valence-corrected chi connectivity index (χ3v) is 7.38. The summed E-state index contributed by atoms with van der Waals surface area (Å²) in [6, 6.07) is 6.39. The number of sulfone groups is 1. The van der Waals surface area contributed by atoms with Crippen LogP contribution >= 0.6 is 0 Å². The average molecular weight is 550 g/mol. The number of hydrogen-bond acceptors (Lipinski definition) is 12. The maximum atomic E-state index is 12.8. The van der Waals surface area contributed by atoms with Crippen molar-refractivity contribution in [2.24, 2.45) is 10.2 Å². The summed E-state index contributed by atoms with van der Waals surface area (Å²) >= 11 is 0. The number of rotatable bonds is 11. The van der Waals surface area contributed by atoms with Crippen molar-refractivity contribution in [2.45, 2.75) is 37.2 Å². The van der Waals surface area contributed by atoms with E-state index in [0.717, 1.165) is 0 Å². The zero-order valence-corrected chi connectivity index (χ0v) is 21.9. The average Bonchev–Trinajstić information content (AvgIpc) is 3.19. The summed E-state index contributed by atoms with van der Waals surface area (Å²) in [5.41, 5.74) is 2.45. The predicted octanol–water partition coefficient (Wildman–Crippen LogP) is 2.73. The zero-order valence-electron chi connectivity index (χ0n) is 21.1. The Hall–Kier alpha value is -4.27. The number of anilines is 1. The molecule has 1 fully saturated rings. The summed E-state index contributed by atoms with van der Waals surface area (Å²) in [5.74, 6) is -0.955. The van der Waals surface area contributed by atoms with Gasteiger partial charge in [0.1, 0.15) is 23.8 Å². The molecule has 2 aromatic rings. The van der Waals surface area contributed by atoms with Crippen LogP contribution in [0.3, 0.4) is 0 Å². The summed E-state index contributed by atoms with van der Waals surface area (Å²) in [6.45, 7) is 2.95. The van der Waals surface area contributed by atoms with Crippen LogP contribution in [0.2, 0.25) is 0 Å². The Labute approximate surface area is 218 Å². The van der Waals surface area contributed by atoms with Crippen LogP contribution in [0, 0.1) is 10.1 Å². The van der Waals surface area contributed by atoms with Gasteiger partial charge in [-0.1, -0.05) is 6.92 Å². The molecule has 15 heteroatoms. The molecule has 2 atom stereocenters. The molecule has 0 aromatic heterocycles. The molecule has 0 radical (unpaired) electrons. The maximum absolute atomic E-state index is 12.8. The first-order valence-electron chi connectivity index (χ1n) is 11.4. The van der Waals surface area contributed by atoms with Gasteiger partial charge >= 0.3 is 5.97 Å². The quantitative estimate of drug-likeness (QED) is 0.189. The minimum Gasteiger partial charge on any atom is -0.496 e. The minimum absolute atomic E-state index is 0.0660. The van der Waals surface area contributed by atoms with Crippen molar-refractivity contribution in [3.63, 3.8) is 0 Å². The summed E-state index contributed by atoms with van der Waals surface area (Å²) in [5, 5.41) is 20.8. The molecule has 14 nitrogen and oxygen atoms in total. The van der Waals surface area contributed by atoms with E-state index in [1.165, 1.54) is 55.6 Å². The fraction of sp³-hybridized carbons (Fsp3) is 0.391. The molecule has 1 amide bonds. The number of azo groups is 1. The molecule has 0 spiro atoms. The Morgan fingerprint density at radius 1 is 1.18 bits per heavy atom. The molecule has 2 aromatic carbocycles. The molecule has 38 heavy (non-hydrogen) atoms. The number of hydrazine groups is 1. The maximum Gasteiger partial charge on any atom is 0.305 e. The molecule has 0 bridgehead atoms. The molecule has 0 saturated carbocycles. The van der Waals surface area contributed by atoms with Crippen molar-refractivity contribution in [1.82, 2.24) is 5.43 Å². The number of nitrogens with one attached hydrogen (secondary N) is 1. The fourth-order valence-corrected chi connectivity index (χ4v) is 4.70. The topological polar surface area (TPSA) is 179 Å². The third-order valence-electron chi connectivity index (χ3n) is 5.71. The molecule has 2 unspecified atom stereocenters. The van der Waals surface area contributed by atoms with Gasteiger partial charge < -0.3 is 14.2 Å². The molecule has 1 N–H and O–H groups in total. The number of carbonyl (C=O) groups is 2. The summed E-state index contributed by atoms with van der Waals surface area (Å²) in [4.78, 5) is 34.8. The lowest BCUT2D eigenvalue weighted by Gasteiger charge is -2.25. The number of amides is 1. The van der Waals surface area contributed by atoms with E-state index >= 15 is 0 Å². The van der Waals surface area contributed by atoms with Gasteiger partial charge in [-0.15, -0.1) is 5.11 Å². The number of nitro groups is 1. The smallest absolute Gasteiger partial charge is 0.305 e. The van der Waals surface area contributed by atoms with Gasteiger partial charge in [0.2, 0.25) is 0 Å². The highest BCUT2D eigenvalue weighted by molar-refractivity contribution is 7.91. The van der Waals surface area contributed by atoms with E-state index in [2.05, 4.69) is 15.7 Å². The van der Waals surface area contributed by atoms with Crippen LogP contribution in [-0.2, 0) is 24.2 Å². The van der Waals surface area contributed by atoms with E-state index in [1.54, 1.807) is 13.8 Å². The highest BCUT2D eigenvalue weighted by Gasteiger charge is 2.40. The Kier molecular flexibility index (Phi) is 8.83. The number of esters is 1. The lowest BCUT2D eigenvalue weighted by Crippen LogP contribution is -2.38. The first-order chi connectivity index (χ1) is 18.0. The molecule has 1 heterocycles. The summed E-state index contributed by atoms with van der Waals surface area (Å²) < 4.78 is 40.9. The number of methoxy groups -OCH3 is 2. The van der Waals surface area contributed by atoms with Crippen molar-refractivity contribution in [3.05, 3.63) is 46.5 Å². The van der Waals surface area contributed by atoms with Gasteiger partial charge in [-0.05, 0) is 37.3 Å². The number of carbonyl (C=O) groups excluding carboxylic acids is 2. The van der Waals surface area contributed by atoms with Gasteiger partial charge in [-0.3, -0.25) is 30.1 Å². The zero-order chi connectivity index (χ0) is 28.0. The number of nitro benzene ring substituents is 1. The van der Waals surface area contributed by atoms with Crippen LogP contribution < -0.4 is 19.9 Å². The molecular weight excluding hydrogens is 522 g/mol. The van der Waals surface area contributed by atoms with Gasteiger partial charge in [0, 0.05) is 6.42 Å². The van der Waals surface area contributed by atoms with Gasteiger partial charge in [0.05, 0.1) is 41.9 Å². The summed E-state index contributed by atoms with van der Waals surface area (Å²) in [7, 11) is -1.08. The Balaban J connectivity index is 1.87. The standard InChI is InChI=1S/C23H27N5O9S/c1-5-21(29)37-10-11-38(33,34)16-7-9-20(36-4)19(13-16)27-14(2)22(23(30)26-27)25-24-17-8-6-15(35-3)12-18(17)28(31)32/h6-9,12-14,22H,5,10-11H2,1-4H3,(H,26,30). The SMILES string of the molecule is CCC(=O)OCCS(=O)(=O)c1ccc(OC)c(N2NC(=O)C(N=Nc3ccc(OC)cc3[N+](=O)[O-])C2C)c1. The van der Waals surface area contributed by atoms with Gasteiger partial charge in [-0.25, -0.2) is 8.42 Å². The first-order valence-corrected chi connectivity index (χ1v) is 13.1. The first kappa shape index (κ1) is 28.3. The Morgan fingerprint density at radius 3 is 2.55 bits per heavy atom. The van der Waals surface area contributed by atoms with Crippen LogP contribution in [0.5, 0.6) is 11.5 Å². The molecular formula is C23H27N5O9S. The van der Waals surface area contributed by atoms with Crippen molar-refractivity contribution >= 4 is 38.8 Å². The van der Waals surface area contributed by atoms with Crippen LogP contribution in [0.4, 0.5) is 17.1 Å². The van der Waals surface area contributed by atoms with Crippen molar-refractivity contribution in [3.8, 4) is 11.5 Å². The second-order valence-electron chi connectivity index (χ2n) is 8.09. The van der Waals surface area contributed by atoms with E-state index in [1.807, 2.05) is 0 Å². The Bertz CT molecular complexity index is 1360. The molecule has 3 rings (SSSR count). The summed E-state index contributed by atoms with van der Waals surface area (Å²) in [6.07, 6.45) is 0.129. The molecule has 204 valence electrons. The van der Waals surface area contributed by atoms with E-state index in [0.29, 0.717) is 0 Å². The van der Waals surface area contributed by atoms with Crippen molar-refractivity contribution < 1.29 is 37.1 Å². The largest absolute Gasteiger partial charge is 0.496 e. The number of hydrogen-bond donors (Lipinski definition) is 1. The van der Waals surface area contributed by atoms with E-state index in [-0.39, 0.29) is 46.5 Å². The third kappa shape index (κ3) is 6.16. The highest BCUT2D eigenvalue weighted by Crippen LogP contribution is 2.36. The van der Waals surface area contributed by atoms with Crippen LogP contribution in [0.1, 0.15) is 20.3 Å². The molecule has 1 aliphatic rings. The van der Waals surface area contributed by atoms with Crippen LogP contribution in [0.25, 0.3) is 0 Å². The lowest BCUT2D eigenvalue weighted by atomic mass is 10.1. The molecule has 1 aliphatic heterocycles. The van der Waals surface area contributed by atoms with Crippen LogP contribution in [0.15, 0.2) is 51.5 Å². The molecule has 0 aliphatic carbocycles.